The number of hydrogen-bond acceptors (Lipinski definition) is 2. The molecule has 1 aliphatic rings. The van der Waals surface area contributed by atoms with Crippen LogP contribution in [-0.4, -0.2) is 24.4 Å². The zero-order valence-corrected chi connectivity index (χ0v) is 7.96. The van der Waals surface area contributed by atoms with Gasteiger partial charge in [-0.2, -0.15) is 0 Å². The average molecular weight is 172 g/mol. The first-order valence-corrected chi connectivity index (χ1v) is 5.05. The molecule has 12 heavy (non-hydrogen) atoms. The molecule has 2 nitrogen and oxygen atoms in total. The van der Waals surface area contributed by atoms with Crippen LogP contribution in [0.1, 0.15) is 39.0 Å². The van der Waals surface area contributed by atoms with Crippen LogP contribution in [0.2, 0.25) is 0 Å². The first-order valence-electron chi connectivity index (χ1n) is 5.05. The van der Waals surface area contributed by atoms with E-state index in [1.54, 1.807) is 0 Å². The van der Waals surface area contributed by atoms with Gasteiger partial charge >= 0.3 is 0 Å². The van der Waals surface area contributed by atoms with E-state index in [0.717, 1.165) is 12.5 Å². The van der Waals surface area contributed by atoms with Crippen LogP contribution in [0.4, 0.5) is 0 Å². The topological polar surface area (TPSA) is 29.5 Å². The second-order valence-corrected chi connectivity index (χ2v) is 3.83. The fourth-order valence-corrected chi connectivity index (χ4v) is 1.71. The van der Waals surface area contributed by atoms with Crippen LogP contribution in [0.25, 0.3) is 0 Å². The van der Waals surface area contributed by atoms with E-state index in [1.165, 1.54) is 32.1 Å². The summed E-state index contributed by atoms with van der Waals surface area (Å²) in [6.07, 6.45) is 6.78. The van der Waals surface area contributed by atoms with Gasteiger partial charge in [0.2, 0.25) is 0 Å². The average Bonchev–Trinajstić information content (AvgIpc) is 2.16. The van der Waals surface area contributed by atoms with Gasteiger partial charge in [0.05, 0.1) is 12.7 Å². The molecule has 0 heterocycles. The lowest BCUT2D eigenvalue weighted by atomic mass is 9.90. The molecule has 2 heteroatoms. The molecule has 0 bridgehead atoms. The summed E-state index contributed by atoms with van der Waals surface area (Å²) in [5.74, 6) is 0.757. The molecule has 1 fully saturated rings. The van der Waals surface area contributed by atoms with Crippen molar-refractivity contribution in [2.75, 3.05) is 13.2 Å². The number of rotatable bonds is 4. The van der Waals surface area contributed by atoms with Crippen molar-refractivity contribution in [1.29, 1.82) is 0 Å². The molecule has 0 spiro atoms. The second kappa shape index (κ2) is 5.55. The lowest BCUT2D eigenvalue weighted by Gasteiger charge is -2.22. The summed E-state index contributed by atoms with van der Waals surface area (Å²) in [4.78, 5) is 0. The molecule has 1 atom stereocenters. The Morgan fingerprint density at radius 1 is 1.33 bits per heavy atom. The highest BCUT2D eigenvalue weighted by molar-refractivity contribution is 4.65. The summed E-state index contributed by atoms with van der Waals surface area (Å²) in [6.45, 7) is 2.91. The summed E-state index contributed by atoms with van der Waals surface area (Å²) in [5, 5.41) is 8.74. The molecule has 0 aromatic carbocycles. The Morgan fingerprint density at radius 3 is 2.58 bits per heavy atom. The number of aliphatic hydroxyl groups is 1. The SMILES string of the molecule is C[C@@H](CO)OCC1CCCCC1. The zero-order valence-electron chi connectivity index (χ0n) is 7.96. The zero-order chi connectivity index (χ0) is 8.81. The molecule has 0 aliphatic heterocycles. The van der Waals surface area contributed by atoms with Crippen molar-refractivity contribution in [1.82, 2.24) is 0 Å². The van der Waals surface area contributed by atoms with Gasteiger partial charge in [-0.25, -0.2) is 0 Å². The van der Waals surface area contributed by atoms with E-state index in [2.05, 4.69) is 0 Å². The molecule has 0 saturated heterocycles. The first-order chi connectivity index (χ1) is 5.83. The summed E-state index contributed by atoms with van der Waals surface area (Å²) in [7, 11) is 0. The van der Waals surface area contributed by atoms with E-state index >= 15 is 0 Å². The molecule has 0 aromatic heterocycles. The van der Waals surface area contributed by atoms with E-state index in [4.69, 9.17) is 9.84 Å². The molecule has 0 radical (unpaired) electrons. The van der Waals surface area contributed by atoms with Crippen molar-refractivity contribution in [2.45, 2.75) is 45.1 Å². The fraction of sp³-hybridized carbons (Fsp3) is 1.00. The van der Waals surface area contributed by atoms with Crippen molar-refractivity contribution < 1.29 is 9.84 Å². The van der Waals surface area contributed by atoms with Gasteiger partial charge in [-0.1, -0.05) is 19.3 Å². The van der Waals surface area contributed by atoms with Crippen LogP contribution in [0.5, 0.6) is 0 Å². The Bertz CT molecular complexity index is 108. The van der Waals surface area contributed by atoms with E-state index in [9.17, 15) is 0 Å². The van der Waals surface area contributed by atoms with Crippen LogP contribution >= 0.6 is 0 Å². The Balaban J connectivity index is 2.05. The highest BCUT2D eigenvalue weighted by Crippen LogP contribution is 2.23. The molecule has 1 N–H and O–H groups in total. The second-order valence-electron chi connectivity index (χ2n) is 3.83. The minimum Gasteiger partial charge on any atom is -0.394 e. The molecule has 0 amide bonds. The normalized spacial score (nSPS) is 22.5. The van der Waals surface area contributed by atoms with Crippen LogP contribution in [0.3, 0.4) is 0 Å². The van der Waals surface area contributed by atoms with Gasteiger partial charge in [-0.15, -0.1) is 0 Å². The Hall–Kier alpha value is -0.0800. The predicted molar refractivity (Wildman–Crippen MR) is 49.1 cm³/mol. The smallest absolute Gasteiger partial charge is 0.0777 e. The first kappa shape index (κ1) is 10.0. The number of aliphatic hydroxyl groups excluding tert-OH is 1. The van der Waals surface area contributed by atoms with Crippen LogP contribution < -0.4 is 0 Å². The van der Waals surface area contributed by atoms with Crippen molar-refractivity contribution in [3.8, 4) is 0 Å². The van der Waals surface area contributed by atoms with Crippen molar-refractivity contribution in [3.63, 3.8) is 0 Å². The van der Waals surface area contributed by atoms with E-state index in [0.29, 0.717) is 0 Å². The molecule has 1 saturated carbocycles. The summed E-state index contributed by atoms with van der Waals surface area (Å²) in [5.41, 5.74) is 0. The Morgan fingerprint density at radius 2 is 2.00 bits per heavy atom. The van der Waals surface area contributed by atoms with Crippen molar-refractivity contribution >= 4 is 0 Å². The maximum Gasteiger partial charge on any atom is 0.0777 e. The summed E-state index contributed by atoms with van der Waals surface area (Å²) >= 11 is 0. The maximum absolute atomic E-state index is 8.74. The summed E-state index contributed by atoms with van der Waals surface area (Å²) < 4.78 is 5.48. The van der Waals surface area contributed by atoms with Gasteiger partial charge in [0.15, 0.2) is 0 Å². The fourth-order valence-electron chi connectivity index (χ4n) is 1.71. The Labute approximate surface area is 74.9 Å². The third-order valence-electron chi connectivity index (χ3n) is 2.60. The maximum atomic E-state index is 8.74. The van der Waals surface area contributed by atoms with Crippen LogP contribution in [-0.2, 0) is 4.74 Å². The lowest BCUT2D eigenvalue weighted by molar-refractivity contribution is 0.000148. The standard InChI is InChI=1S/C10H20O2/c1-9(7-11)12-8-10-5-3-2-4-6-10/h9-11H,2-8H2,1H3/t9-/m0/s1. The van der Waals surface area contributed by atoms with E-state index < -0.39 is 0 Å². The number of hydrogen-bond donors (Lipinski definition) is 1. The van der Waals surface area contributed by atoms with Crippen molar-refractivity contribution in [2.24, 2.45) is 5.92 Å². The molecular formula is C10H20O2. The minimum absolute atomic E-state index is 0.0203. The highest BCUT2D eigenvalue weighted by atomic mass is 16.5. The van der Waals surface area contributed by atoms with Crippen LogP contribution in [0.15, 0.2) is 0 Å². The quantitative estimate of drug-likeness (QED) is 0.702. The van der Waals surface area contributed by atoms with Gasteiger partial charge in [0, 0.05) is 6.61 Å². The van der Waals surface area contributed by atoms with Gasteiger partial charge in [0.25, 0.3) is 0 Å². The van der Waals surface area contributed by atoms with Gasteiger partial charge in [0.1, 0.15) is 0 Å². The number of ether oxygens (including phenoxy) is 1. The monoisotopic (exact) mass is 172 g/mol. The van der Waals surface area contributed by atoms with E-state index in [1.807, 2.05) is 6.92 Å². The van der Waals surface area contributed by atoms with Gasteiger partial charge in [-0.3, -0.25) is 0 Å². The minimum atomic E-state index is 0.0203. The molecule has 0 aromatic rings. The van der Waals surface area contributed by atoms with Gasteiger partial charge < -0.3 is 9.84 Å². The summed E-state index contributed by atoms with van der Waals surface area (Å²) in [6, 6.07) is 0. The van der Waals surface area contributed by atoms with Gasteiger partial charge in [-0.05, 0) is 25.7 Å². The largest absolute Gasteiger partial charge is 0.394 e. The predicted octanol–water partition coefficient (Wildman–Crippen LogP) is 1.96. The molecule has 0 unspecified atom stereocenters. The third kappa shape index (κ3) is 3.55. The molecular weight excluding hydrogens is 152 g/mol. The molecule has 1 aliphatic carbocycles. The third-order valence-corrected chi connectivity index (χ3v) is 2.60. The van der Waals surface area contributed by atoms with E-state index in [-0.39, 0.29) is 12.7 Å². The molecule has 72 valence electrons. The highest BCUT2D eigenvalue weighted by Gasteiger charge is 2.14. The Kier molecular flexibility index (Phi) is 4.62. The lowest BCUT2D eigenvalue weighted by Crippen LogP contribution is -2.20. The van der Waals surface area contributed by atoms with Crippen LogP contribution in [0, 0.1) is 5.92 Å². The molecule has 1 rings (SSSR count). The van der Waals surface area contributed by atoms with Crippen molar-refractivity contribution in [3.05, 3.63) is 0 Å².